The van der Waals surface area contributed by atoms with Crippen LogP contribution in [0.15, 0.2) is 24.3 Å². The Morgan fingerprint density at radius 1 is 1.19 bits per heavy atom. The van der Waals surface area contributed by atoms with Crippen molar-refractivity contribution in [3.63, 3.8) is 0 Å². The molecular weight excluding hydrogens is 337 g/mol. The molecule has 2 N–H and O–H groups in total. The standard InChI is InChI=1S/C19H20FN3O3/c20-12-5-8-14(9-6-12)23-16-3-1-2-15(16)17(22-23)18(24)21-13-7-4-11(10-13)19(25)26/h5-6,8-9,11,13H,1-4,7,10H2,(H,21,24)(H,25,26)/t11-,13+/m1/s1. The predicted octanol–water partition coefficient (Wildman–Crippen LogP) is 2.48. The van der Waals surface area contributed by atoms with E-state index in [1.807, 2.05) is 0 Å². The molecule has 2 aliphatic rings. The van der Waals surface area contributed by atoms with E-state index >= 15 is 0 Å². The van der Waals surface area contributed by atoms with Crippen LogP contribution in [0.1, 0.15) is 47.4 Å². The third-order valence-corrected chi connectivity index (χ3v) is 5.33. The van der Waals surface area contributed by atoms with Gasteiger partial charge in [0.05, 0.1) is 11.6 Å². The number of rotatable bonds is 4. The first kappa shape index (κ1) is 16.8. The topological polar surface area (TPSA) is 84.2 Å². The lowest BCUT2D eigenvalue weighted by molar-refractivity contribution is -0.141. The Balaban J connectivity index is 1.57. The minimum Gasteiger partial charge on any atom is -0.481 e. The van der Waals surface area contributed by atoms with Crippen molar-refractivity contribution < 1.29 is 19.1 Å². The van der Waals surface area contributed by atoms with Crippen molar-refractivity contribution in [2.75, 3.05) is 0 Å². The number of halogens is 1. The van der Waals surface area contributed by atoms with Crippen LogP contribution in [0.5, 0.6) is 0 Å². The van der Waals surface area contributed by atoms with Crippen LogP contribution in [-0.4, -0.2) is 32.8 Å². The molecule has 6 nitrogen and oxygen atoms in total. The van der Waals surface area contributed by atoms with Gasteiger partial charge in [-0.15, -0.1) is 0 Å². The Hall–Kier alpha value is -2.70. The van der Waals surface area contributed by atoms with E-state index in [0.29, 0.717) is 25.0 Å². The Morgan fingerprint density at radius 2 is 1.96 bits per heavy atom. The summed E-state index contributed by atoms with van der Waals surface area (Å²) < 4.78 is 14.9. The molecule has 136 valence electrons. The molecule has 0 bridgehead atoms. The second-order valence-electron chi connectivity index (χ2n) is 7.03. The maximum Gasteiger partial charge on any atom is 0.306 e. The van der Waals surface area contributed by atoms with Crippen molar-refractivity contribution in [1.29, 1.82) is 0 Å². The van der Waals surface area contributed by atoms with E-state index in [1.54, 1.807) is 16.8 Å². The number of carboxylic acids is 1. The number of fused-ring (bicyclic) bond motifs is 1. The van der Waals surface area contributed by atoms with Gasteiger partial charge in [-0.25, -0.2) is 9.07 Å². The summed E-state index contributed by atoms with van der Waals surface area (Å²) in [5.41, 5.74) is 3.08. The first-order valence-electron chi connectivity index (χ1n) is 8.93. The Kier molecular flexibility index (Phi) is 4.22. The van der Waals surface area contributed by atoms with Crippen molar-refractivity contribution in [3.8, 4) is 5.69 Å². The quantitative estimate of drug-likeness (QED) is 0.880. The number of hydrogen-bond acceptors (Lipinski definition) is 3. The van der Waals surface area contributed by atoms with Crippen molar-refractivity contribution in [3.05, 3.63) is 47.0 Å². The van der Waals surface area contributed by atoms with Crippen LogP contribution in [0.25, 0.3) is 5.69 Å². The predicted molar refractivity (Wildman–Crippen MR) is 91.8 cm³/mol. The third kappa shape index (κ3) is 2.98. The van der Waals surface area contributed by atoms with Gasteiger partial charge in [0.25, 0.3) is 5.91 Å². The molecule has 0 saturated heterocycles. The largest absolute Gasteiger partial charge is 0.481 e. The summed E-state index contributed by atoms with van der Waals surface area (Å²) in [6.07, 6.45) is 4.30. The van der Waals surface area contributed by atoms with Gasteiger partial charge in [0.2, 0.25) is 0 Å². The average molecular weight is 357 g/mol. The van der Waals surface area contributed by atoms with Gasteiger partial charge in [-0.05, 0) is 62.8 Å². The number of carboxylic acid groups (broad SMARTS) is 1. The van der Waals surface area contributed by atoms with E-state index in [1.165, 1.54) is 12.1 Å². The maximum atomic E-state index is 13.2. The van der Waals surface area contributed by atoms with Crippen LogP contribution in [-0.2, 0) is 17.6 Å². The summed E-state index contributed by atoms with van der Waals surface area (Å²) in [6, 6.07) is 5.93. The van der Waals surface area contributed by atoms with Crippen LogP contribution in [0.3, 0.4) is 0 Å². The zero-order valence-corrected chi connectivity index (χ0v) is 14.2. The van der Waals surface area contributed by atoms with Gasteiger partial charge < -0.3 is 10.4 Å². The number of hydrogen-bond donors (Lipinski definition) is 2. The number of nitrogens with zero attached hydrogens (tertiary/aromatic N) is 2. The van der Waals surface area contributed by atoms with Crippen LogP contribution >= 0.6 is 0 Å². The van der Waals surface area contributed by atoms with Crippen LogP contribution < -0.4 is 5.32 Å². The highest BCUT2D eigenvalue weighted by atomic mass is 19.1. The molecule has 4 rings (SSSR count). The first-order valence-corrected chi connectivity index (χ1v) is 8.93. The van der Waals surface area contributed by atoms with E-state index in [-0.39, 0.29) is 23.7 Å². The van der Waals surface area contributed by atoms with E-state index in [4.69, 9.17) is 5.11 Å². The number of benzene rings is 1. The van der Waals surface area contributed by atoms with Crippen LogP contribution in [0, 0.1) is 11.7 Å². The number of carbonyl (C=O) groups excluding carboxylic acids is 1. The maximum absolute atomic E-state index is 13.2. The molecule has 1 heterocycles. The molecular formula is C19H20FN3O3. The molecule has 0 aliphatic heterocycles. The Bertz CT molecular complexity index is 860. The van der Waals surface area contributed by atoms with Gasteiger partial charge in [0.15, 0.2) is 5.69 Å². The smallest absolute Gasteiger partial charge is 0.306 e. The summed E-state index contributed by atoms with van der Waals surface area (Å²) >= 11 is 0. The summed E-state index contributed by atoms with van der Waals surface area (Å²) in [6.45, 7) is 0. The highest BCUT2D eigenvalue weighted by Crippen LogP contribution is 2.29. The zero-order valence-electron chi connectivity index (χ0n) is 14.2. The lowest BCUT2D eigenvalue weighted by atomic mass is 10.1. The van der Waals surface area contributed by atoms with Gasteiger partial charge in [0, 0.05) is 17.3 Å². The number of carbonyl (C=O) groups is 2. The second-order valence-corrected chi connectivity index (χ2v) is 7.03. The van der Waals surface area contributed by atoms with Gasteiger partial charge in [0.1, 0.15) is 5.82 Å². The first-order chi connectivity index (χ1) is 12.5. The van der Waals surface area contributed by atoms with Gasteiger partial charge >= 0.3 is 5.97 Å². The fourth-order valence-corrected chi connectivity index (χ4v) is 4.01. The fraction of sp³-hybridized carbons (Fsp3) is 0.421. The zero-order chi connectivity index (χ0) is 18.3. The highest BCUT2D eigenvalue weighted by molar-refractivity contribution is 5.94. The lowest BCUT2D eigenvalue weighted by Gasteiger charge is -2.11. The van der Waals surface area contributed by atoms with Crippen molar-refractivity contribution in [1.82, 2.24) is 15.1 Å². The molecule has 1 saturated carbocycles. The fourth-order valence-electron chi connectivity index (χ4n) is 4.01. The number of aromatic nitrogens is 2. The van der Waals surface area contributed by atoms with E-state index in [2.05, 4.69) is 10.4 Å². The van der Waals surface area contributed by atoms with E-state index in [9.17, 15) is 14.0 Å². The molecule has 0 spiro atoms. The summed E-state index contributed by atoms with van der Waals surface area (Å²) in [5.74, 6) is -1.75. The number of nitrogens with one attached hydrogen (secondary N) is 1. The lowest BCUT2D eigenvalue weighted by Crippen LogP contribution is -2.34. The molecule has 2 aromatic rings. The number of aliphatic carboxylic acids is 1. The Labute approximate surface area is 150 Å². The number of amides is 1. The molecule has 7 heteroatoms. The van der Waals surface area contributed by atoms with E-state index < -0.39 is 5.97 Å². The molecule has 1 amide bonds. The summed E-state index contributed by atoms with van der Waals surface area (Å²) in [7, 11) is 0. The summed E-state index contributed by atoms with van der Waals surface area (Å²) in [4.78, 5) is 23.8. The van der Waals surface area contributed by atoms with Crippen LogP contribution in [0.4, 0.5) is 4.39 Å². The average Bonchev–Trinajstić information content (AvgIpc) is 3.31. The SMILES string of the molecule is O=C(N[C@H]1CC[C@@H](C(=O)O)C1)c1nn(-c2ccc(F)cc2)c2c1CCC2. The molecule has 2 aliphatic carbocycles. The molecule has 0 unspecified atom stereocenters. The molecule has 1 aromatic heterocycles. The monoisotopic (exact) mass is 357 g/mol. The van der Waals surface area contributed by atoms with Crippen molar-refractivity contribution >= 4 is 11.9 Å². The second kappa shape index (κ2) is 6.55. The Morgan fingerprint density at radius 3 is 2.65 bits per heavy atom. The van der Waals surface area contributed by atoms with Gasteiger partial charge in [-0.3, -0.25) is 9.59 Å². The summed E-state index contributed by atoms with van der Waals surface area (Å²) in [5, 5.41) is 16.5. The molecule has 0 radical (unpaired) electrons. The molecule has 1 aromatic carbocycles. The van der Waals surface area contributed by atoms with Crippen molar-refractivity contribution in [2.24, 2.45) is 5.92 Å². The van der Waals surface area contributed by atoms with Gasteiger partial charge in [-0.2, -0.15) is 5.10 Å². The van der Waals surface area contributed by atoms with Crippen molar-refractivity contribution in [2.45, 2.75) is 44.6 Å². The molecule has 26 heavy (non-hydrogen) atoms. The van der Waals surface area contributed by atoms with E-state index in [0.717, 1.165) is 36.2 Å². The highest BCUT2D eigenvalue weighted by Gasteiger charge is 2.33. The normalized spacial score (nSPS) is 21.6. The van der Waals surface area contributed by atoms with Gasteiger partial charge in [-0.1, -0.05) is 0 Å². The minimum atomic E-state index is -0.803. The molecule has 1 fully saturated rings. The molecule has 2 atom stereocenters. The van der Waals surface area contributed by atoms with Crippen LogP contribution in [0.2, 0.25) is 0 Å². The minimum absolute atomic E-state index is 0.128. The third-order valence-electron chi connectivity index (χ3n) is 5.33.